The van der Waals surface area contributed by atoms with Crippen LogP contribution in [0.1, 0.15) is 18.1 Å². The first-order valence-corrected chi connectivity index (χ1v) is 5.98. The molecule has 1 aromatic carbocycles. The monoisotopic (exact) mass is 317 g/mol. The Balaban J connectivity index is 3.54. The Hall–Kier alpha value is -1.66. The van der Waals surface area contributed by atoms with Crippen molar-refractivity contribution in [3.05, 3.63) is 26.2 Å². The first-order chi connectivity index (χ1) is 8.84. The third-order valence-corrected chi connectivity index (χ3v) is 3.51. The zero-order valence-corrected chi connectivity index (χ0v) is 11.7. The predicted octanol–water partition coefficient (Wildman–Crippen LogP) is 3.28. The van der Waals surface area contributed by atoms with Gasteiger partial charge in [0, 0.05) is 0 Å². The summed E-state index contributed by atoms with van der Waals surface area (Å²) in [5.74, 6) is -1.14. The van der Waals surface area contributed by atoms with Gasteiger partial charge < -0.3 is 10.4 Å². The lowest BCUT2D eigenvalue weighted by atomic mass is 10.1. The van der Waals surface area contributed by atoms with Crippen molar-refractivity contribution in [3.63, 3.8) is 0 Å². The van der Waals surface area contributed by atoms with Crippen LogP contribution in [-0.4, -0.2) is 17.1 Å². The van der Waals surface area contributed by atoms with Crippen molar-refractivity contribution >= 4 is 46.5 Å². The number of nitrogens with one attached hydrogen (secondary N) is 1. The Labute approximate surface area is 123 Å². The second kappa shape index (κ2) is 5.99. The molecular weight excluding hydrogens is 312 g/mol. The Kier molecular flexibility index (Phi) is 4.85. The fourth-order valence-corrected chi connectivity index (χ4v) is 2.07. The molecule has 1 aromatic rings. The number of nitrogens with zero attached hydrogens (tertiary/aromatic N) is 2. The van der Waals surface area contributed by atoms with Gasteiger partial charge in [-0.1, -0.05) is 34.8 Å². The molecule has 0 aliphatic carbocycles. The van der Waals surface area contributed by atoms with E-state index in [4.69, 9.17) is 50.4 Å². The number of halogens is 3. The molecule has 0 aliphatic heterocycles. The van der Waals surface area contributed by atoms with Gasteiger partial charge >= 0.3 is 5.97 Å². The molecule has 0 fully saturated rings. The Morgan fingerprint density at radius 1 is 1.16 bits per heavy atom. The van der Waals surface area contributed by atoms with Crippen LogP contribution in [0.3, 0.4) is 0 Å². The molecule has 0 spiro atoms. The molecule has 98 valence electrons. The fraction of sp³-hybridized carbons (Fsp3) is 0.182. The van der Waals surface area contributed by atoms with Crippen molar-refractivity contribution in [1.29, 1.82) is 10.5 Å². The van der Waals surface area contributed by atoms with E-state index in [1.165, 1.54) is 6.92 Å². The molecule has 0 saturated carbocycles. The lowest BCUT2D eigenvalue weighted by Gasteiger charge is -2.16. The van der Waals surface area contributed by atoms with Crippen LogP contribution < -0.4 is 5.32 Å². The van der Waals surface area contributed by atoms with Crippen LogP contribution in [0, 0.1) is 22.7 Å². The molecule has 2 N–H and O–H groups in total. The van der Waals surface area contributed by atoms with Gasteiger partial charge in [-0.05, 0) is 6.92 Å². The zero-order valence-electron chi connectivity index (χ0n) is 9.46. The van der Waals surface area contributed by atoms with Crippen LogP contribution in [0.2, 0.25) is 15.1 Å². The number of anilines is 1. The smallest absolute Gasteiger partial charge is 0.325 e. The highest BCUT2D eigenvalue weighted by molar-refractivity contribution is 6.46. The van der Waals surface area contributed by atoms with Gasteiger partial charge in [-0.3, -0.25) is 4.79 Å². The number of hydrogen-bond donors (Lipinski definition) is 2. The van der Waals surface area contributed by atoms with E-state index in [2.05, 4.69) is 5.32 Å². The van der Waals surface area contributed by atoms with Gasteiger partial charge in [-0.25, -0.2) is 0 Å². The summed E-state index contributed by atoms with van der Waals surface area (Å²) in [5, 5.41) is 28.9. The fourth-order valence-electron chi connectivity index (χ4n) is 1.28. The minimum Gasteiger partial charge on any atom is -0.480 e. The summed E-state index contributed by atoms with van der Waals surface area (Å²) in [7, 11) is 0. The summed E-state index contributed by atoms with van der Waals surface area (Å²) in [6.45, 7) is 1.36. The van der Waals surface area contributed by atoms with E-state index < -0.39 is 12.0 Å². The first kappa shape index (κ1) is 15.4. The number of carbonyl (C=O) groups is 1. The number of hydrogen-bond acceptors (Lipinski definition) is 4. The largest absolute Gasteiger partial charge is 0.480 e. The van der Waals surface area contributed by atoms with Gasteiger partial charge in [0.05, 0.1) is 31.9 Å². The maximum absolute atomic E-state index is 10.8. The topological polar surface area (TPSA) is 96.9 Å². The number of nitriles is 2. The van der Waals surface area contributed by atoms with Crippen LogP contribution in [-0.2, 0) is 4.79 Å². The maximum atomic E-state index is 10.8. The minimum absolute atomic E-state index is 0.00642. The van der Waals surface area contributed by atoms with Gasteiger partial charge in [0.15, 0.2) is 0 Å². The number of benzene rings is 1. The van der Waals surface area contributed by atoms with Crippen LogP contribution in [0.15, 0.2) is 0 Å². The van der Waals surface area contributed by atoms with Crippen molar-refractivity contribution in [2.75, 3.05) is 5.32 Å². The molecule has 0 amide bonds. The highest BCUT2D eigenvalue weighted by atomic mass is 35.5. The number of carboxylic acids is 1. The van der Waals surface area contributed by atoms with Crippen molar-refractivity contribution < 1.29 is 9.90 Å². The molecule has 8 heteroatoms. The van der Waals surface area contributed by atoms with Crippen molar-refractivity contribution in [1.82, 2.24) is 0 Å². The molecule has 0 aromatic heterocycles. The van der Waals surface area contributed by atoms with Gasteiger partial charge in [-0.2, -0.15) is 10.5 Å². The van der Waals surface area contributed by atoms with Gasteiger partial charge in [0.25, 0.3) is 0 Å². The molecule has 0 heterocycles. The average molecular weight is 319 g/mol. The summed E-state index contributed by atoms with van der Waals surface area (Å²) >= 11 is 17.7. The molecule has 0 saturated heterocycles. The average Bonchev–Trinajstić information content (AvgIpc) is 2.36. The highest BCUT2D eigenvalue weighted by Crippen LogP contribution is 2.41. The zero-order chi connectivity index (χ0) is 14.7. The summed E-state index contributed by atoms with van der Waals surface area (Å²) in [6.07, 6.45) is 0. The second-order valence-corrected chi connectivity index (χ2v) is 4.63. The molecular formula is C11H6Cl3N3O2. The van der Waals surface area contributed by atoms with Crippen molar-refractivity contribution in [2.24, 2.45) is 0 Å². The van der Waals surface area contributed by atoms with Crippen molar-refractivity contribution in [2.45, 2.75) is 13.0 Å². The van der Waals surface area contributed by atoms with E-state index in [-0.39, 0.29) is 31.9 Å². The molecule has 0 aliphatic rings. The molecule has 1 rings (SSSR count). The molecule has 0 radical (unpaired) electrons. The van der Waals surface area contributed by atoms with Gasteiger partial charge in [0.1, 0.15) is 18.2 Å². The maximum Gasteiger partial charge on any atom is 0.325 e. The van der Waals surface area contributed by atoms with Crippen LogP contribution in [0.4, 0.5) is 5.69 Å². The number of rotatable bonds is 3. The van der Waals surface area contributed by atoms with E-state index in [1.54, 1.807) is 12.1 Å². The second-order valence-electron chi connectivity index (χ2n) is 3.49. The summed E-state index contributed by atoms with van der Waals surface area (Å²) in [6, 6.07) is 2.50. The Morgan fingerprint density at radius 2 is 1.68 bits per heavy atom. The predicted molar refractivity (Wildman–Crippen MR) is 71.6 cm³/mol. The number of aliphatic carboxylic acids is 1. The van der Waals surface area contributed by atoms with Crippen LogP contribution in [0.25, 0.3) is 0 Å². The van der Waals surface area contributed by atoms with Gasteiger partial charge in [-0.15, -0.1) is 0 Å². The molecule has 0 unspecified atom stereocenters. The highest BCUT2D eigenvalue weighted by Gasteiger charge is 2.23. The summed E-state index contributed by atoms with van der Waals surface area (Å²) < 4.78 is 0. The van der Waals surface area contributed by atoms with E-state index in [0.717, 1.165) is 0 Å². The quantitative estimate of drug-likeness (QED) is 0.834. The van der Waals surface area contributed by atoms with Crippen LogP contribution >= 0.6 is 34.8 Å². The molecule has 19 heavy (non-hydrogen) atoms. The normalized spacial score (nSPS) is 11.3. The Morgan fingerprint density at radius 3 is 2.11 bits per heavy atom. The Bertz CT molecular complexity index is 632. The third kappa shape index (κ3) is 2.85. The first-order valence-electron chi connectivity index (χ1n) is 4.85. The third-order valence-electron chi connectivity index (χ3n) is 2.28. The van der Waals surface area contributed by atoms with Gasteiger partial charge in [0.2, 0.25) is 0 Å². The van der Waals surface area contributed by atoms with Crippen LogP contribution in [0.5, 0.6) is 0 Å². The minimum atomic E-state index is -1.14. The molecule has 0 bridgehead atoms. The standard InChI is InChI=1S/C11H6Cl3N3O2/c1-4(11(18)19)17-10-6(3-16)7(12)5(2-15)8(13)9(10)14/h4,17H,1H3,(H,18,19)/t4-/m0/s1. The van der Waals surface area contributed by atoms with E-state index in [9.17, 15) is 4.79 Å². The molecule has 1 atom stereocenters. The lowest BCUT2D eigenvalue weighted by molar-refractivity contribution is -0.137. The van der Waals surface area contributed by atoms with E-state index >= 15 is 0 Å². The SMILES string of the molecule is C[C@H](Nc1c(Cl)c(Cl)c(C#N)c(Cl)c1C#N)C(=O)O. The summed E-state index contributed by atoms with van der Waals surface area (Å²) in [5.41, 5.74) is -0.257. The molecule has 5 nitrogen and oxygen atoms in total. The lowest BCUT2D eigenvalue weighted by Crippen LogP contribution is -2.26. The number of carboxylic acid groups (broad SMARTS) is 1. The van der Waals surface area contributed by atoms with Crippen molar-refractivity contribution in [3.8, 4) is 12.1 Å². The van der Waals surface area contributed by atoms with E-state index in [1.807, 2.05) is 0 Å². The summed E-state index contributed by atoms with van der Waals surface area (Å²) in [4.78, 5) is 10.8. The van der Waals surface area contributed by atoms with E-state index in [0.29, 0.717) is 0 Å².